The zero-order valence-corrected chi connectivity index (χ0v) is 20.9. The minimum atomic E-state index is -1.82. The molecule has 206 valence electrons. The third-order valence-electron chi connectivity index (χ3n) is 6.75. The summed E-state index contributed by atoms with van der Waals surface area (Å²) in [6.45, 7) is 1.42. The fraction of sp³-hybridized carbons (Fsp3) is 0.444. The molecular weight excluding hydrogens is 498 g/mol. The van der Waals surface area contributed by atoms with Crippen LogP contribution in [0.15, 0.2) is 48.5 Å². The predicted molar refractivity (Wildman–Crippen MR) is 137 cm³/mol. The maximum atomic E-state index is 11.4. The Labute approximate surface area is 218 Å². The van der Waals surface area contributed by atoms with Crippen LogP contribution in [-0.4, -0.2) is 99.3 Å². The van der Waals surface area contributed by atoms with Crippen LogP contribution in [0.5, 0.6) is 5.75 Å². The van der Waals surface area contributed by atoms with E-state index < -0.39 is 42.2 Å². The molecule has 7 N–H and O–H groups in total. The molecule has 0 aromatic heterocycles. The van der Waals surface area contributed by atoms with E-state index in [0.717, 1.165) is 27.1 Å². The quantitative estimate of drug-likeness (QED) is 0.167. The Balaban J connectivity index is 1.58. The standard InChI is InChI=1S/C27H33NO10/c1-27(13-30,14-37-26-22(33)20(31)21(32)24(38-26)25(34)35)28-12-19-15-6-2-4-8-17(15)23(36-11-10-29)18-9-5-3-7-16(18)19/h2-9,20-22,24,26,28-33H,10-14H2,1H3,(H,34,35)/t20-,21-,22+,24-,26+,27?/m0/s1. The smallest absolute Gasteiger partial charge is 0.335 e. The monoisotopic (exact) mass is 531 g/mol. The van der Waals surface area contributed by atoms with Crippen molar-refractivity contribution >= 4 is 27.5 Å². The Bertz CT molecular complexity index is 1210. The van der Waals surface area contributed by atoms with E-state index in [9.17, 15) is 35.4 Å². The largest absolute Gasteiger partial charge is 0.490 e. The third-order valence-corrected chi connectivity index (χ3v) is 6.75. The van der Waals surface area contributed by atoms with Crippen molar-refractivity contribution in [1.82, 2.24) is 5.32 Å². The van der Waals surface area contributed by atoms with Gasteiger partial charge < -0.3 is 50.2 Å². The molecule has 4 rings (SSSR count). The summed E-state index contributed by atoms with van der Waals surface area (Å²) in [4.78, 5) is 11.4. The number of fused-ring (bicyclic) bond motifs is 2. The van der Waals surface area contributed by atoms with Gasteiger partial charge in [-0.3, -0.25) is 0 Å². The molecule has 0 spiro atoms. The molecule has 0 bridgehead atoms. The maximum Gasteiger partial charge on any atom is 0.335 e. The Morgan fingerprint density at radius 1 is 0.947 bits per heavy atom. The van der Waals surface area contributed by atoms with Gasteiger partial charge in [0.15, 0.2) is 12.4 Å². The zero-order valence-electron chi connectivity index (χ0n) is 20.9. The second kappa shape index (κ2) is 11.9. The highest BCUT2D eigenvalue weighted by Crippen LogP contribution is 2.38. The van der Waals surface area contributed by atoms with Crippen LogP contribution in [-0.2, 0) is 20.8 Å². The molecule has 11 heteroatoms. The lowest BCUT2D eigenvalue weighted by Gasteiger charge is -2.40. The topological polar surface area (TPSA) is 178 Å². The van der Waals surface area contributed by atoms with Gasteiger partial charge in [-0.2, -0.15) is 0 Å². The molecule has 0 radical (unpaired) electrons. The van der Waals surface area contributed by atoms with E-state index in [2.05, 4.69) is 5.32 Å². The van der Waals surface area contributed by atoms with Gasteiger partial charge in [0.05, 0.1) is 25.4 Å². The molecule has 0 amide bonds. The Morgan fingerprint density at radius 2 is 1.53 bits per heavy atom. The number of carboxylic acids is 1. The van der Waals surface area contributed by atoms with E-state index in [0.29, 0.717) is 12.3 Å². The summed E-state index contributed by atoms with van der Waals surface area (Å²) >= 11 is 0. The van der Waals surface area contributed by atoms with Crippen molar-refractivity contribution in [3.63, 3.8) is 0 Å². The van der Waals surface area contributed by atoms with Crippen LogP contribution in [0.2, 0.25) is 0 Å². The summed E-state index contributed by atoms with van der Waals surface area (Å²) in [6.07, 6.45) is -8.62. The lowest BCUT2D eigenvalue weighted by molar-refractivity contribution is -0.297. The molecule has 3 aromatic carbocycles. The van der Waals surface area contributed by atoms with E-state index >= 15 is 0 Å². The molecule has 1 saturated heterocycles. The van der Waals surface area contributed by atoms with Crippen LogP contribution in [0.25, 0.3) is 21.5 Å². The van der Waals surface area contributed by atoms with E-state index in [1.165, 1.54) is 0 Å². The van der Waals surface area contributed by atoms with E-state index in [1.807, 2.05) is 48.5 Å². The third kappa shape index (κ3) is 5.60. The van der Waals surface area contributed by atoms with Crippen molar-refractivity contribution in [2.45, 2.75) is 49.7 Å². The molecule has 1 unspecified atom stereocenters. The van der Waals surface area contributed by atoms with Crippen LogP contribution in [0.4, 0.5) is 0 Å². The predicted octanol–water partition coefficient (Wildman–Crippen LogP) is 0.114. The number of ether oxygens (including phenoxy) is 3. The number of carbonyl (C=O) groups is 1. The number of aliphatic hydroxyl groups is 5. The van der Waals surface area contributed by atoms with Crippen molar-refractivity contribution in [2.24, 2.45) is 0 Å². The second-order valence-corrected chi connectivity index (χ2v) is 9.59. The van der Waals surface area contributed by atoms with E-state index in [1.54, 1.807) is 6.92 Å². The molecule has 11 nitrogen and oxygen atoms in total. The Morgan fingerprint density at radius 3 is 2.05 bits per heavy atom. The van der Waals surface area contributed by atoms with Crippen LogP contribution in [0.3, 0.4) is 0 Å². The molecular formula is C27H33NO10. The van der Waals surface area contributed by atoms with Gasteiger partial charge in [0.1, 0.15) is 30.7 Å². The number of nitrogens with one attached hydrogen (secondary N) is 1. The maximum absolute atomic E-state index is 11.4. The average molecular weight is 532 g/mol. The number of carboxylic acid groups (broad SMARTS) is 1. The van der Waals surface area contributed by atoms with Crippen LogP contribution < -0.4 is 10.1 Å². The molecule has 1 fully saturated rings. The molecule has 1 heterocycles. The summed E-state index contributed by atoms with van der Waals surface area (Å²) < 4.78 is 16.7. The second-order valence-electron chi connectivity index (χ2n) is 9.59. The number of hydrogen-bond donors (Lipinski definition) is 7. The number of rotatable bonds is 11. The van der Waals surface area contributed by atoms with Gasteiger partial charge in [-0.15, -0.1) is 0 Å². The van der Waals surface area contributed by atoms with Gasteiger partial charge in [-0.25, -0.2) is 4.79 Å². The zero-order chi connectivity index (χ0) is 27.4. The SMILES string of the molecule is CC(CO)(CO[C@@H]1O[C@H](C(=O)O)[C@@H](O)[C@H](O)[C@H]1O)NCc1c2ccccc2c(OCCO)c2ccccc12. The average Bonchev–Trinajstić information content (AvgIpc) is 2.93. The lowest BCUT2D eigenvalue weighted by Crippen LogP contribution is -2.61. The fourth-order valence-electron chi connectivity index (χ4n) is 4.58. The molecule has 1 aliphatic rings. The lowest BCUT2D eigenvalue weighted by atomic mass is 9.94. The minimum Gasteiger partial charge on any atom is -0.490 e. The summed E-state index contributed by atoms with van der Waals surface area (Å²) in [6, 6.07) is 15.4. The van der Waals surface area contributed by atoms with Crippen molar-refractivity contribution in [3.05, 3.63) is 54.1 Å². The van der Waals surface area contributed by atoms with Crippen molar-refractivity contribution in [2.75, 3.05) is 26.4 Å². The molecule has 6 atom stereocenters. The normalized spacial score (nSPS) is 25.4. The van der Waals surface area contributed by atoms with Crippen molar-refractivity contribution in [1.29, 1.82) is 0 Å². The number of benzene rings is 3. The summed E-state index contributed by atoms with van der Waals surface area (Å²) in [5.41, 5.74) is -0.123. The van der Waals surface area contributed by atoms with Crippen LogP contribution >= 0.6 is 0 Å². The van der Waals surface area contributed by atoms with E-state index in [-0.39, 0.29) is 26.4 Å². The first kappa shape index (κ1) is 28.1. The van der Waals surface area contributed by atoms with Crippen LogP contribution in [0, 0.1) is 0 Å². The first-order valence-corrected chi connectivity index (χ1v) is 12.3. The van der Waals surface area contributed by atoms with Gasteiger partial charge >= 0.3 is 5.97 Å². The molecule has 0 saturated carbocycles. The summed E-state index contributed by atoms with van der Waals surface area (Å²) in [5.74, 6) is -0.843. The molecule has 38 heavy (non-hydrogen) atoms. The molecule has 0 aliphatic carbocycles. The van der Waals surface area contributed by atoms with Gasteiger partial charge in [0.2, 0.25) is 0 Å². The molecule has 1 aliphatic heterocycles. The summed E-state index contributed by atoms with van der Waals surface area (Å²) in [5, 5.41) is 65.8. The Kier molecular flexibility index (Phi) is 8.81. The number of hydrogen-bond acceptors (Lipinski definition) is 10. The van der Waals surface area contributed by atoms with Gasteiger partial charge in [-0.1, -0.05) is 48.5 Å². The number of aliphatic hydroxyl groups excluding tert-OH is 5. The summed E-state index contributed by atoms with van der Waals surface area (Å²) in [7, 11) is 0. The van der Waals surface area contributed by atoms with Crippen LogP contribution in [0.1, 0.15) is 12.5 Å². The number of aliphatic carboxylic acids is 1. The van der Waals surface area contributed by atoms with Gasteiger partial charge in [0.25, 0.3) is 0 Å². The Hall–Kier alpha value is -2.87. The van der Waals surface area contributed by atoms with E-state index in [4.69, 9.17) is 14.2 Å². The molecule has 3 aromatic rings. The first-order valence-electron chi connectivity index (χ1n) is 12.3. The van der Waals surface area contributed by atoms with Gasteiger partial charge in [0, 0.05) is 17.3 Å². The highest BCUT2D eigenvalue weighted by molar-refractivity contribution is 6.08. The highest BCUT2D eigenvalue weighted by atomic mass is 16.7. The van der Waals surface area contributed by atoms with Crippen molar-refractivity contribution < 1.29 is 49.6 Å². The van der Waals surface area contributed by atoms with Gasteiger partial charge in [-0.05, 0) is 23.3 Å². The van der Waals surface area contributed by atoms with Crippen molar-refractivity contribution in [3.8, 4) is 5.75 Å². The highest BCUT2D eigenvalue weighted by Gasteiger charge is 2.48. The minimum absolute atomic E-state index is 0.122. The first-order chi connectivity index (χ1) is 18.2. The fourth-order valence-corrected chi connectivity index (χ4v) is 4.58.